The zero-order valence-corrected chi connectivity index (χ0v) is 21.0. The van der Waals surface area contributed by atoms with Gasteiger partial charge in [-0.15, -0.1) is 0 Å². The molecule has 0 bridgehead atoms. The number of piperidine rings is 1. The first-order chi connectivity index (χ1) is 16.9. The first-order valence-electron chi connectivity index (χ1n) is 12.0. The van der Waals surface area contributed by atoms with E-state index in [0.29, 0.717) is 61.5 Å². The number of likely N-dealkylation sites (tertiary alicyclic amines) is 1. The summed E-state index contributed by atoms with van der Waals surface area (Å²) in [7, 11) is 1.48. The molecule has 0 saturated carbocycles. The van der Waals surface area contributed by atoms with E-state index in [9.17, 15) is 19.2 Å². The predicted octanol–water partition coefficient (Wildman–Crippen LogP) is 1.68. The topological polar surface area (TPSA) is 149 Å². The molecule has 3 N–H and O–H groups in total. The maximum atomic E-state index is 13.3. The van der Waals surface area contributed by atoms with Gasteiger partial charge < -0.3 is 39.6 Å². The minimum Gasteiger partial charge on any atom is -0.496 e. The lowest BCUT2D eigenvalue weighted by Gasteiger charge is -2.39. The smallest absolute Gasteiger partial charge is 0.410 e. The average Bonchev–Trinajstić information content (AvgIpc) is 3.34. The van der Waals surface area contributed by atoms with Crippen LogP contribution in [-0.4, -0.2) is 83.7 Å². The number of fused-ring (bicyclic) bond motifs is 4. The minimum atomic E-state index is -1.28. The monoisotopic (exact) mass is 503 g/mol. The first kappa shape index (κ1) is 25.7. The van der Waals surface area contributed by atoms with E-state index >= 15 is 0 Å². The van der Waals surface area contributed by atoms with Crippen molar-refractivity contribution in [2.45, 2.75) is 69.7 Å². The van der Waals surface area contributed by atoms with Gasteiger partial charge in [0.15, 0.2) is 0 Å². The Bertz CT molecular complexity index is 1090. The Morgan fingerprint density at radius 3 is 2.53 bits per heavy atom. The number of carbonyl (C=O) groups excluding carboxylic acids is 3. The van der Waals surface area contributed by atoms with Crippen LogP contribution in [0.25, 0.3) is 0 Å². The molecule has 196 valence electrons. The summed E-state index contributed by atoms with van der Waals surface area (Å²) in [5.74, 6) is -0.696. The SMILES string of the molecule is COc1cc2c(c3c1C(=O)N(C(C=O)CC(N)C(=O)O)C3)OCC21CCN(C(=O)OC(C)(C)C)CC1. The van der Waals surface area contributed by atoms with Crippen molar-refractivity contribution >= 4 is 24.3 Å². The number of ether oxygens (including phenoxy) is 3. The molecule has 3 aliphatic rings. The van der Waals surface area contributed by atoms with Crippen molar-refractivity contribution in [1.82, 2.24) is 9.80 Å². The fourth-order valence-corrected chi connectivity index (χ4v) is 5.22. The van der Waals surface area contributed by atoms with Gasteiger partial charge in [0, 0.05) is 36.1 Å². The van der Waals surface area contributed by atoms with E-state index in [2.05, 4.69) is 0 Å². The van der Waals surface area contributed by atoms with Crippen LogP contribution in [0.3, 0.4) is 0 Å². The molecule has 3 heterocycles. The highest BCUT2D eigenvalue weighted by Crippen LogP contribution is 2.52. The summed E-state index contributed by atoms with van der Waals surface area (Å²) in [6, 6.07) is -0.451. The molecule has 11 nitrogen and oxygen atoms in total. The Labute approximate surface area is 209 Å². The van der Waals surface area contributed by atoms with Crippen LogP contribution in [0.5, 0.6) is 11.5 Å². The Morgan fingerprint density at radius 1 is 1.31 bits per heavy atom. The summed E-state index contributed by atoms with van der Waals surface area (Å²) in [5.41, 5.74) is 6.57. The number of hydrogen-bond donors (Lipinski definition) is 2. The molecule has 2 amide bonds. The van der Waals surface area contributed by atoms with Gasteiger partial charge in [0.2, 0.25) is 0 Å². The first-order valence-corrected chi connectivity index (χ1v) is 12.0. The maximum Gasteiger partial charge on any atom is 0.410 e. The number of aldehydes is 1. The standard InChI is InChI=1S/C25H33N3O8/c1-24(2,3)36-23(33)27-7-5-25(6-8-27)13-35-20-15-11-28(14(12-29)9-17(26)22(31)32)21(30)19(15)18(34-4)10-16(20)25/h10,12,14,17H,5-9,11,13,26H2,1-4H3,(H,31,32). The molecule has 3 aliphatic heterocycles. The van der Waals surface area contributed by atoms with Crippen molar-refractivity contribution in [3.8, 4) is 11.5 Å². The molecule has 2 atom stereocenters. The van der Waals surface area contributed by atoms with Gasteiger partial charge in [-0.05, 0) is 39.7 Å². The molecule has 2 unspecified atom stereocenters. The van der Waals surface area contributed by atoms with Crippen LogP contribution in [0.1, 0.15) is 61.5 Å². The van der Waals surface area contributed by atoms with Crippen LogP contribution in [0.2, 0.25) is 0 Å². The largest absolute Gasteiger partial charge is 0.496 e. The van der Waals surface area contributed by atoms with Crippen molar-refractivity contribution < 1.29 is 38.5 Å². The maximum absolute atomic E-state index is 13.3. The van der Waals surface area contributed by atoms with Crippen molar-refractivity contribution in [2.75, 3.05) is 26.8 Å². The van der Waals surface area contributed by atoms with Gasteiger partial charge in [-0.1, -0.05) is 0 Å². The normalized spacial score (nSPS) is 19.9. The lowest BCUT2D eigenvalue weighted by molar-refractivity contribution is -0.139. The molecule has 1 fully saturated rings. The Morgan fingerprint density at radius 2 is 1.97 bits per heavy atom. The summed E-state index contributed by atoms with van der Waals surface area (Å²) in [5, 5.41) is 9.15. The molecule has 0 aromatic heterocycles. The average molecular weight is 504 g/mol. The number of nitrogens with two attached hydrogens (primary N) is 1. The van der Waals surface area contributed by atoms with Crippen LogP contribution >= 0.6 is 0 Å². The van der Waals surface area contributed by atoms with Crippen LogP contribution in [0.4, 0.5) is 4.79 Å². The number of rotatable bonds is 6. The lowest BCUT2D eigenvalue weighted by Crippen LogP contribution is -2.47. The number of carboxylic acids is 1. The number of aliphatic carboxylic acids is 1. The molecule has 1 aromatic carbocycles. The van der Waals surface area contributed by atoms with E-state index < -0.39 is 29.6 Å². The van der Waals surface area contributed by atoms with Crippen molar-refractivity contribution in [3.05, 3.63) is 22.8 Å². The van der Waals surface area contributed by atoms with E-state index in [1.165, 1.54) is 12.0 Å². The van der Waals surface area contributed by atoms with E-state index in [1.54, 1.807) is 4.90 Å². The molecule has 1 aromatic rings. The third-order valence-corrected chi connectivity index (χ3v) is 7.17. The second-order valence-corrected chi connectivity index (χ2v) is 10.7. The number of benzene rings is 1. The number of carbonyl (C=O) groups is 4. The highest BCUT2D eigenvalue weighted by atomic mass is 16.6. The zero-order valence-electron chi connectivity index (χ0n) is 21.0. The molecule has 11 heteroatoms. The number of amides is 2. The third-order valence-electron chi connectivity index (χ3n) is 7.17. The number of methoxy groups -OCH3 is 1. The fourth-order valence-electron chi connectivity index (χ4n) is 5.22. The Hall–Kier alpha value is -3.34. The van der Waals surface area contributed by atoms with Crippen LogP contribution in [0.15, 0.2) is 6.07 Å². The highest BCUT2D eigenvalue weighted by Gasteiger charge is 2.49. The molecule has 0 aliphatic carbocycles. The van der Waals surface area contributed by atoms with Gasteiger partial charge in [0.05, 0.1) is 31.9 Å². The minimum absolute atomic E-state index is 0.0869. The van der Waals surface area contributed by atoms with Crippen LogP contribution in [0, 0.1) is 0 Å². The van der Waals surface area contributed by atoms with E-state index in [-0.39, 0.29) is 24.5 Å². The van der Waals surface area contributed by atoms with Gasteiger partial charge in [-0.3, -0.25) is 9.59 Å². The Kier molecular flexibility index (Phi) is 6.63. The zero-order chi connectivity index (χ0) is 26.4. The van der Waals surface area contributed by atoms with Crippen molar-refractivity contribution in [3.63, 3.8) is 0 Å². The molecule has 4 rings (SSSR count). The van der Waals surface area contributed by atoms with Gasteiger partial charge in [0.25, 0.3) is 5.91 Å². The van der Waals surface area contributed by atoms with Gasteiger partial charge in [-0.25, -0.2) is 4.79 Å². The Balaban J connectivity index is 1.60. The van der Waals surface area contributed by atoms with Gasteiger partial charge in [0.1, 0.15) is 29.4 Å². The number of hydrogen-bond acceptors (Lipinski definition) is 8. The van der Waals surface area contributed by atoms with E-state index in [1.807, 2.05) is 26.8 Å². The fraction of sp³-hybridized carbons (Fsp3) is 0.600. The molecule has 1 saturated heterocycles. The quantitative estimate of drug-likeness (QED) is 0.553. The summed E-state index contributed by atoms with van der Waals surface area (Å²) in [4.78, 5) is 51.9. The summed E-state index contributed by atoms with van der Waals surface area (Å²) in [6.45, 7) is 6.99. The molecule has 1 spiro atoms. The number of carboxylic acid groups (broad SMARTS) is 1. The highest BCUT2D eigenvalue weighted by molar-refractivity contribution is 6.03. The molecular weight excluding hydrogens is 470 g/mol. The van der Waals surface area contributed by atoms with Crippen molar-refractivity contribution in [1.29, 1.82) is 0 Å². The second-order valence-electron chi connectivity index (χ2n) is 10.7. The van der Waals surface area contributed by atoms with Crippen LogP contribution < -0.4 is 15.2 Å². The van der Waals surface area contributed by atoms with Gasteiger partial charge >= 0.3 is 12.1 Å². The summed E-state index contributed by atoms with van der Waals surface area (Å²) >= 11 is 0. The molecular formula is C25H33N3O8. The third kappa shape index (κ3) is 4.47. The van der Waals surface area contributed by atoms with Gasteiger partial charge in [-0.2, -0.15) is 0 Å². The summed E-state index contributed by atoms with van der Waals surface area (Å²) in [6.07, 6.45) is 1.32. The predicted molar refractivity (Wildman–Crippen MR) is 127 cm³/mol. The van der Waals surface area contributed by atoms with Crippen LogP contribution in [-0.2, 0) is 26.3 Å². The second kappa shape index (κ2) is 9.27. The molecule has 36 heavy (non-hydrogen) atoms. The van der Waals surface area contributed by atoms with Crippen molar-refractivity contribution in [2.24, 2.45) is 5.73 Å². The summed E-state index contributed by atoms with van der Waals surface area (Å²) < 4.78 is 17.3. The molecule has 0 radical (unpaired) electrons. The van der Waals surface area contributed by atoms with E-state index in [0.717, 1.165) is 5.56 Å². The number of nitrogens with zero attached hydrogens (tertiary/aromatic N) is 2. The lowest BCUT2D eigenvalue weighted by atomic mass is 9.73. The van der Waals surface area contributed by atoms with E-state index in [4.69, 9.17) is 25.1 Å².